The van der Waals surface area contributed by atoms with E-state index >= 15 is 0 Å². The van der Waals surface area contributed by atoms with Crippen molar-refractivity contribution in [3.8, 4) is 22.5 Å². The molecule has 0 bridgehead atoms. The number of para-hydroxylation sites is 2. The third kappa shape index (κ3) is 9.80. The summed E-state index contributed by atoms with van der Waals surface area (Å²) in [5.74, 6) is -0.375. The van der Waals surface area contributed by atoms with Gasteiger partial charge in [-0.3, -0.25) is 16.4 Å². The van der Waals surface area contributed by atoms with Gasteiger partial charge in [-0.15, -0.1) is 69.8 Å². The third-order valence-corrected chi connectivity index (χ3v) is 6.45. The van der Waals surface area contributed by atoms with Crippen LogP contribution in [0.25, 0.3) is 44.3 Å². The van der Waals surface area contributed by atoms with Gasteiger partial charge < -0.3 is 9.59 Å². The summed E-state index contributed by atoms with van der Waals surface area (Å²) in [5.41, 5.74) is 11.0. The molecule has 0 amide bonds. The number of hydrogen-bond donors (Lipinski definition) is 0. The fourth-order valence-corrected chi connectivity index (χ4v) is 4.79. The van der Waals surface area contributed by atoms with Crippen LogP contribution in [-0.2, 0) is 29.7 Å². The normalized spacial score (nSPS) is 10.0. The topological polar surface area (TPSA) is 59.9 Å². The van der Waals surface area contributed by atoms with Gasteiger partial charge in [0.1, 0.15) is 0 Å². The number of carbonyl (C=O) groups is 2. The number of ketones is 2. The zero-order chi connectivity index (χ0) is 30.9. The van der Waals surface area contributed by atoms with Gasteiger partial charge in [-0.25, -0.2) is 0 Å². The van der Waals surface area contributed by atoms with Gasteiger partial charge >= 0.3 is 20.1 Å². The zero-order valence-electron chi connectivity index (χ0n) is 25.9. The maximum absolute atomic E-state index is 9.98. The third-order valence-electron chi connectivity index (χ3n) is 6.45. The van der Waals surface area contributed by atoms with Crippen LogP contribution in [0.4, 0.5) is 0 Å². The van der Waals surface area contributed by atoms with Crippen molar-refractivity contribution in [2.45, 2.75) is 41.5 Å². The maximum atomic E-state index is 9.98. The van der Waals surface area contributed by atoms with E-state index in [1.165, 1.54) is 35.7 Å². The SMILES string of the molecule is CC(=O)[CH-]C(C)=O.Cc1[c-]c(-c2ccc3ccccc3n2)cc(C)c1.Cc1[c-]c(-c2ccc3ccccc3n2)cc(C)c1.[Ir+3]. The molecular weight excluding hydrogens is 721 g/mol. The molecule has 0 saturated carbocycles. The number of Topliss-reactive ketones (excluding diaryl/α,β-unsaturated/α-hetero) is 2. The quantitative estimate of drug-likeness (QED) is 0.133. The van der Waals surface area contributed by atoms with Crippen molar-refractivity contribution in [3.05, 3.63) is 138 Å². The van der Waals surface area contributed by atoms with Gasteiger partial charge in [0.15, 0.2) is 0 Å². The number of rotatable bonds is 4. The minimum atomic E-state index is -0.187. The van der Waals surface area contributed by atoms with Crippen molar-refractivity contribution in [2.75, 3.05) is 0 Å². The van der Waals surface area contributed by atoms with Crippen LogP contribution >= 0.6 is 0 Å². The first-order valence-corrected chi connectivity index (χ1v) is 14.2. The van der Waals surface area contributed by atoms with Crippen molar-refractivity contribution in [3.63, 3.8) is 0 Å². The largest absolute Gasteiger partial charge is 3.00 e. The first-order valence-electron chi connectivity index (χ1n) is 14.2. The van der Waals surface area contributed by atoms with Crippen molar-refractivity contribution < 1.29 is 29.7 Å². The molecule has 0 spiro atoms. The van der Waals surface area contributed by atoms with Crippen LogP contribution in [0.15, 0.2) is 97.1 Å². The summed E-state index contributed by atoms with van der Waals surface area (Å²) in [4.78, 5) is 29.3. The van der Waals surface area contributed by atoms with Gasteiger partial charge in [-0.1, -0.05) is 88.4 Å². The van der Waals surface area contributed by atoms with Crippen molar-refractivity contribution in [1.82, 2.24) is 9.97 Å². The smallest absolute Gasteiger partial charge is 0.334 e. The average Bonchev–Trinajstić information content (AvgIpc) is 2.95. The fraction of sp³-hybridized carbons (Fsp3) is 0.154. The molecule has 0 atom stereocenters. The molecule has 44 heavy (non-hydrogen) atoms. The van der Waals surface area contributed by atoms with Crippen molar-refractivity contribution in [2.24, 2.45) is 0 Å². The fourth-order valence-electron chi connectivity index (χ4n) is 4.79. The maximum Gasteiger partial charge on any atom is 3.00 e. The molecule has 6 rings (SSSR count). The summed E-state index contributed by atoms with van der Waals surface area (Å²) in [6.07, 6.45) is 1.06. The molecule has 4 aromatic carbocycles. The summed E-state index contributed by atoms with van der Waals surface area (Å²) < 4.78 is 0. The number of aromatic nitrogens is 2. The molecule has 0 N–H and O–H groups in total. The molecular formula is C39H35IrN2O2. The number of carbonyl (C=O) groups excluding carboxylic acids is 2. The molecule has 0 aliphatic rings. The number of benzene rings is 4. The van der Waals surface area contributed by atoms with Crippen molar-refractivity contribution >= 4 is 33.4 Å². The number of nitrogens with zero attached hydrogens (tertiary/aromatic N) is 2. The Morgan fingerprint density at radius 2 is 0.955 bits per heavy atom. The zero-order valence-corrected chi connectivity index (χ0v) is 28.3. The predicted octanol–water partition coefficient (Wildman–Crippen LogP) is 9.00. The Labute approximate surface area is 274 Å². The molecule has 6 aromatic rings. The van der Waals surface area contributed by atoms with Gasteiger partial charge in [0.25, 0.3) is 0 Å². The number of pyridine rings is 2. The Hall–Kier alpha value is -4.44. The van der Waals surface area contributed by atoms with Crippen LogP contribution in [0.2, 0.25) is 0 Å². The van der Waals surface area contributed by atoms with Gasteiger partial charge in [0.05, 0.1) is 11.0 Å². The van der Waals surface area contributed by atoms with Gasteiger partial charge in [0, 0.05) is 11.6 Å². The van der Waals surface area contributed by atoms with E-state index < -0.39 is 0 Å². The second-order valence-corrected chi connectivity index (χ2v) is 10.7. The first-order chi connectivity index (χ1) is 20.6. The second kappa shape index (κ2) is 15.9. The van der Waals surface area contributed by atoms with Gasteiger partial charge in [-0.2, -0.15) is 0 Å². The van der Waals surface area contributed by atoms with Gasteiger partial charge in [0.2, 0.25) is 0 Å². The minimum absolute atomic E-state index is 0. The van der Waals surface area contributed by atoms with E-state index in [1.807, 2.05) is 36.4 Å². The Morgan fingerprint density at radius 1 is 0.568 bits per heavy atom. The Balaban J connectivity index is 0.000000196. The summed E-state index contributed by atoms with van der Waals surface area (Å²) in [7, 11) is 0. The molecule has 0 aliphatic carbocycles. The minimum Gasteiger partial charge on any atom is -0.334 e. The van der Waals surface area contributed by atoms with Crippen molar-refractivity contribution in [1.29, 1.82) is 0 Å². The number of fused-ring (bicyclic) bond motifs is 2. The number of aryl methyl sites for hydroxylation is 4. The Morgan fingerprint density at radius 3 is 1.30 bits per heavy atom. The average molecular weight is 756 g/mol. The standard InChI is InChI=1S/2C17H14N.C5H7O2.Ir/c2*1-12-9-13(2)11-15(10-12)17-8-7-14-5-3-4-6-16(14)18-17;1-4(6)3-5(2)7;/h2*3-10H,1-2H3;3H,1-2H3;/q3*-1;+3. The molecule has 2 aromatic heterocycles. The molecule has 2 heterocycles. The number of hydrogen-bond acceptors (Lipinski definition) is 4. The molecule has 0 fully saturated rings. The second-order valence-electron chi connectivity index (χ2n) is 10.7. The Kier molecular flexibility index (Phi) is 12.3. The van der Waals surface area contributed by atoms with E-state index in [4.69, 9.17) is 9.97 Å². The van der Waals surface area contributed by atoms with E-state index in [0.29, 0.717) is 0 Å². The molecule has 0 saturated heterocycles. The molecule has 5 heteroatoms. The van der Waals surface area contributed by atoms with Gasteiger partial charge in [-0.05, 0) is 48.1 Å². The van der Waals surface area contributed by atoms with E-state index in [-0.39, 0.29) is 31.7 Å². The molecule has 0 aliphatic heterocycles. The van der Waals surface area contributed by atoms with Crippen LogP contribution in [0.3, 0.4) is 0 Å². The molecule has 4 nitrogen and oxygen atoms in total. The summed E-state index contributed by atoms with van der Waals surface area (Å²) >= 11 is 0. The molecule has 0 radical (unpaired) electrons. The molecule has 0 unspecified atom stereocenters. The summed E-state index contributed by atoms with van der Waals surface area (Å²) in [6.45, 7) is 11.0. The van der Waals surface area contributed by atoms with Crippen LogP contribution in [0.5, 0.6) is 0 Å². The first kappa shape index (κ1) is 34.1. The van der Waals surface area contributed by atoms with E-state index in [2.05, 4.69) is 100 Å². The van der Waals surface area contributed by atoms with Crippen LogP contribution in [0.1, 0.15) is 36.1 Å². The monoisotopic (exact) mass is 756 g/mol. The Bertz CT molecular complexity index is 1730. The predicted molar refractivity (Wildman–Crippen MR) is 177 cm³/mol. The van der Waals surface area contributed by atoms with E-state index in [9.17, 15) is 9.59 Å². The van der Waals surface area contributed by atoms with E-state index in [1.54, 1.807) is 0 Å². The van der Waals surface area contributed by atoms with Crippen LogP contribution in [0, 0.1) is 46.2 Å². The summed E-state index contributed by atoms with van der Waals surface area (Å²) in [6, 6.07) is 40.0. The molecule has 222 valence electrons. The summed E-state index contributed by atoms with van der Waals surface area (Å²) in [5, 5.41) is 2.34. The van der Waals surface area contributed by atoms with Crippen LogP contribution in [-0.4, -0.2) is 21.5 Å². The van der Waals surface area contributed by atoms with E-state index in [0.717, 1.165) is 51.1 Å². The van der Waals surface area contributed by atoms with Crippen LogP contribution < -0.4 is 0 Å².